The largest absolute Gasteiger partial charge is 0.412 e. The summed E-state index contributed by atoms with van der Waals surface area (Å²) in [6.07, 6.45) is 13.9. The molecule has 4 aromatic heterocycles. The quantitative estimate of drug-likeness (QED) is 0.267. The van der Waals surface area contributed by atoms with Gasteiger partial charge in [-0.1, -0.05) is 11.1 Å². The molecule has 0 saturated carbocycles. The van der Waals surface area contributed by atoms with E-state index in [4.69, 9.17) is 0 Å². The van der Waals surface area contributed by atoms with E-state index in [2.05, 4.69) is 54.4 Å². The average molecular weight is 645 g/mol. The smallest absolute Gasteiger partial charge is 0.219 e. The molecule has 0 spiro atoms. The Bertz CT molecular complexity index is 1540. The SMILES string of the molecule is CC(=O)N1CCC(=C2c3sccc3CCn3ccnc32)CC1.CC(=O)N1CCC(=C2c3sccc3CCn3ccnc32)CC1.O. The Hall–Kier alpha value is -3.80. The number of carbonyl (C=O) groups is 2. The van der Waals surface area contributed by atoms with Gasteiger partial charge in [0.25, 0.3) is 0 Å². The van der Waals surface area contributed by atoms with Crippen LogP contribution in [0.15, 0.2) is 58.8 Å². The van der Waals surface area contributed by atoms with Crippen molar-refractivity contribution in [1.82, 2.24) is 28.9 Å². The fourth-order valence-electron chi connectivity index (χ4n) is 6.94. The summed E-state index contributed by atoms with van der Waals surface area (Å²) in [5.41, 5.74) is 8.44. The van der Waals surface area contributed by atoms with Gasteiger partial charge in [0, 0.05) is 98.8 Å². The van der Waals surface area contributed by atoms with Crippen LogP contribution < -0.4 is 0 Å². The number of carbonyl (C=O) groups excluding carboxylic acids is 2. The number of amides is 2. The van der Waals surface area contributed by atoms with Crippen LogP contribution in [0, 0.1) is 0 Å². The molecule has 8 rings (SSSR count). The summed E-state index contributed by atoms with van der Waals surface area (Å²) in [6.45, 7) is 8.63. The van der Waals surface area contributed by atoms with Crippen molar-refractivity contribution < 1.29 is 15.1 Å². The van der Waals surface area contributed by atoms with Crippen LogP contribution in [-0.2, 0) is 35.5 Å². The van der Waals surface area contributed by atoms with Gasteiger partial charge < -0.3 is 24.4 Å². The fraction of sp³-hybridized carbons (Fsp3) is 0.412. The van der Waals surface area contributed by atoms with Crippen LogP contribution in [0.2, 0.25) is 0 Å². The highest BCUT2D eigenvalue weighted by atomic mass is 32.1. The van der Waals surface area contributed by atoms with E-state index in [1.165, 1.54) is 43.2 Å². The number of thiophene rings is 2. The zero-order chi connectivity index (χ0) is 30.2. The monoisotopic (exact) mass is 644 g/mol. The number of imidazole rings is 2. The van der Waals surface area contributed by atoms with Crippen LogP contribution in [0.25, 0.3) is 11.1 Å². The van der Waals surface area contributed by atoms with Crippen molar-refractivity contribution in [3.63, 3.8) is 0 Å². The van der Waals surface area contributed by atoms with Gasteiger partial charge in [0.2, 0.25) is 11.8 Å². The standard InChI is InChI=1S/2C17H19N3OS.H2O/c2*1-12(21)19-7-2-13(3-8-19)15-16-14(5-11-22-16)4-9-20-10-6-18-17(15)20;/h2*5-6,10-11H,2-4,7-9H2,1H3;1H2. The van der Waals surface area contributed by atoms with Crippen molar-refractivity contribution >= 4 is 45.6 Å². The molecular formula is C34H40N6O3S2. The summed E-state index contributed by atoms with van der Waals surface area (Å²) < 4.78 is 4.54. The zero-order valence-corrected chi connectivity index (χ0v) is 27.6. The number of fused-ring (bicyclic) bond motifs is 4. The molecule has 2 N–H and O–H groups in total. The van der Waals surface area contributed by atoms with Crippen LogP contribution in [0.3, 0.4) is 0 Å². The lowest BCUT2D eigenvalue weighted by Gasteiger charge is -2.29. The Morgan fingerprint density at radius 1 is 0.622 bits per heavy atom. The third-order valence-corrected chi connectivity index (χ3v) is 11.4. The summed E-state index contributed by atoms with van der Waals surface area (Å²) in [5, 5.41) is 4.38. The van der Waals surface area contributed by atoms with Crippen molar-refractivity contribution in [2.45, 2.75) is 65.5 Å². The van der Waals surface area contributed by atoms with Crippen molar-refractivity contribution in [2.75, 3.05) is 26.2 Å². The second-order valence-corrected chi connectivity index (χ2v) is 13.7. The fourth-order valence-corrected chi connectivity index (χ4v) is 9.03. The van der Waals surface area contributed by atoms with Crippen LogP contribution in [0.5, 0.6) is 0 Å². The van der Waals surface area contributed by atoms with Crippen LogP contribution >= 0.6 is 22.7 Å². The lowest BCUT2D eigenvalue weighted by Crippen LogP contribution is -2.34. The van der Waals surface area contributed by atoms with Crippen molar-refractivity contribution in [2.24, 2.45) is 0 Å². The molecule has 0 atom stereocenters. The van der Waals surface area contributed by atoms with E-state index < -0.39 is 0 Å². The number of hydrogen-bond donors (Lipinski definition) is 0. The molecule has 9 nitrogen and oxygen atoms in total. The highest BCUT2D eigenvalue weighted by Crippen LogP contribution is 2.40. The Balaban J connectivity index is 0.000000155. The molecule has 2 amide bonds. The first-order chi connectivity index (χ1) is 21.5. The number of likely N-dealkylation sites (tertiary alicyclic amines) is 2. The Kier molecular flexibility index (Phi) is 9.21. The number of hydrogen-bond acceptors (Lipinski definition) is 6. The van der Waals surface area contributed by atoms with Crippen LogP contribution in [-0.4, -0.2) is 72.4 Å². The first-order valence-electron chi connectivity index (χ1n) is 15.6. The highest BCUT2D eigenvalue weighted by Gasteiger charge is 2.28. The van der Waals surface area contributed by atoms with Crippen LogP contribution in [0.4, 0.5) is 0 Å². The lowest BCUT2D eigenvalue weighted by molar-refractivity contribution is -0.130. The number of nitrogens with zero attached hydrogens (tertiary/aromatic N) is 6. The van der Waals surface area contributed by atoms with Gasteiger partial charge in [0.1, 0.15) is 11.6 Å². The van der Waals surface area contributed by atoms with Gasteiger partial charge in [0.05, 0.1) is 0 Å². The molecule has 45 heavy (non-hydrogen) atoms. The number of aromatic nitrogens is 4. The van der Waals surface area contributed by atoms with E-state index in [1.54, 1.807) is 13.8 Å². The van der Waals surface area contributed by atoms with E-state index in [1.807, 2.05) is 44.9 Å². The van der Waals surface area contributed by atoms with Crippen molar-refractivity contribution in [3.05, 3.63) is 91.4 Å². The molecule has 0 radical (unpaired) electrons. The molecule has 2 fully saturated rings. The first kappa shape index (κ1) is 31.2. The second-order valence-electron chi connectivity index (χ2n) is 11.9. The summed E-state index contributed by atoms with van der Waals surface area (Å²) in [4.78, 5) is 39.0. The number of aryl methyl sites for hydroxylation is 4. The minimum atomic E-state index is 0. The molecule has 0 unspecified atom stereocenters. The van der Waals surface area contributed by atoms with E-state index in [0.29, 0.717) is 0 Å². The van der Waals surface area contributed by atoms with E-state index >= 15 is 0 Å². The molecule has 0 bridgehead atoms. The van der Waals surface area contributed by atoms with Gasteiger partial charge in [-0.2, -0.15) is 0 Å². The lowest BCUT2D eigenvalue weighted by atomic mass is 9.95. The Morgan fingerprint density at radius 3 is 1.40 bits per heavy atom. The maximum atomic E-state index is 11.5. The van der Waals surface area contributed by atoms with Gasteiger partial charge in [-0.25, -0.2) is 9.97 Å². The van der Waals surface area contributed by atoms with Gasteiger partial charge in [-0.15, -0.1) is 22.7 Å². The molecule has 0 aliphatic carbocycles. The summed E-state index contributed by atoms with van der Waals surface area (Å²) >= 11 is 3.65. The first-order valence-corrected chi connectivity index (χ1v) is 17.4. The minimum Gasteiger partial charge on any atom is -0.412 e. The molecule has 0 aromatic carbocycles. The molecule has 4 aromatic rings. The Morgan fingerprint density at radius 2 is 1.02 bits per heavy atom. The van der Waals surface area contributed by atoms with E-state index in [0.717, 1.165) is 89.4 Å². The topological polar surface area (TPSA) is 108 Å². The third-order valence-electron chi connectivity index (χ3n) is 9.40. The highest BCUT2D eigenvalue weighted by molar-refractivity contribution is 7.11. The predicted molar refractivity (Wildman–Crippen MR) is 179 cm³/mol. The predicted octanol–water partition coefficient (Wildman–Crippen LogP) is 5.07. The molecule has 236 valence electrons. The van der Waals surface area contributed by atoms with Crippen molar-refractivity contribution in [3.8, 4) is 0 Å². The van der Waals surface area contributed by atoms with Gasteiger partial charge >= 0.3 is 0 Å². The van der Waals surface area contributed by atoms with Gasteiger partial charge in [-0.3, -0.25) is 9.59 Å². The normalized spacial score (nSPS) is 17.6. The van der Waals surface area contributed by atoms with Crippen molar-refractivity contribution in [1.29, 1.82) is 0 Å². The Labute approximate surface area is 271 Å². The maximum Gasteiger partial charge on any atom is 0.219 e. The summed E-state index contributed by atoms with van der Waals surface area (Å²) in [7, 11) is 0. The molecular weight excluding hydrogens is 605 g/mol. The zero-order valence-electron chi connectivity index (χ0n) is 25.9. The number of rotatable bonds is 0. The van der Waals surface area contributed by atoms with E-state index in [9.17, 15) is 9.59 Å². The molecule has 4 aliphatic heterocycles. The minimum absolute atomic E-state index is 0. The molecule has 11 heteroatoms. The average Bonchev–Trinajstić information content (AvgIpc) is 3.85. The third kappa shape index (κ3) is 6.08. The maximum absolute atomic E-state index is 11.5. The van der Waals surface area contributed by atoms with Gasteiger partial charge in [-0.05, 0) is 72.5 Å². The van der Waals surface area contributed by atoms with Gasteiger partial charge in [0.15, 0.2) is 0 Å². The number of piperidine rings is 2. The summed E-state index contributed by atoms with van der Waals surface area (Å²) in [5.74, 6) is 2.58. The van der Waals surface area contributed by atoms with Crippen LogP contribution in [0.1, 0.15) is 72.1 Å². The summed E-state index contributed by atoms with van der Waals surface area (Å²) in [6, 6.07) is 4.50. The molecule has 2 saturated heterocycles. The molecule has 4 aliphatic rings. The van der Waals surface area contributed by atoms with E-state index in [-0.39, 0.29) is 17.3 Å². The second kappa shape index (κ2) is 13.3. The molecule has 8 heterocycles.